The Morgan fingerprint density at radius 2 is 1.71 bits per heavy atom. The van der Waals surface area contributed by atoms with Crippen LogP contribution in [0.4, 0.5) is 0 Å². The van der Waals surface area contributed by atoms with Gasteiger partial charge in [-0.05, 0) is 42.8 Å². The van der Waals surface area contributed by atoms with E-state index in [9.17, 15) is 8.42 Å². The highest BCUT2D eigenvalue weighted by Gasteiger charge is 2.39. The monoisotopic (exact) mass is 305 g/mol. The summed E-state index contributed by atoms with van der Waals surface area (Å²) in [6.07, 6.45) is 1.30. The van der Waals surface area contributed by atoms with Crippen molar-refractivity contribution in [2.75, 3.05) is 12.8 Å². The number of sulfone groups is 1. The van der Waals surface area contributed by atoms with Crippen molar-refractivity contribution in [1.82, 2.24) is 5.32 Å². The topological polar surface area (TPSA) is 46.2 Å². The predicted molar refractivity (Wildman–Crippen MR) is 89.3 cm³/mol. The van der Waals surface area contributed by atoms with Crippen LogP contribution < -0.4 is 5.32 Å². The Morgan fingerprint density at radius 1 is 1.10 bits per heavy atom. The third-order valence-electron chi connectivity index (χ3n) is 4.17. The Kier molecular flexibility index (Phi) is 4.40. The van der Waals surface area contributed by atoms with E-state index < -0.39 is 14.6 Å². The quantitative estimate of drug-likeness (QED) is 0.922. The first-order valence-electron chi connectivity index (χ1n) is 7.19. The molecule has 0 fully saturated rings. The standard InChI is InChI=1S/C17H23NO2S/c1-5-18-16(17(2,3)21(4,19)20)15-11-10-13-8-6-7-9-14(13)12-15/h6-12,16,18H,5H2,1-4H3. The van der Waals surface area contributed by atoms with Gasteiger partial charge in [-0.2, -0.15) is 0 Å². The van der Waals surface area contributed by atoms with Crippen LogP contribution in [-0.2, 0) is 9.84 Å². The molecule has 0 aliphatic carbocycles. The Hall–Kier alpha value is -1.39. The highest BCUT2D eigenvalue weighted by Crippen LogP contribution is 2.33. The average molecular weight is 305 g/mol. The van der Waals surface area contributed by atoms with Crippen LogP contribution in [0.2, 0.25) is 0 Å². The van der Waals surface area contributed by atoms with Crippen LogP contribution in [0.15, 0.2) is 42.5 Å². The van der Waals surface area contributed by atoms with E-state index in [2.05, 4.69) is 23.5 Å². The van der Waals surface area contributed by atoms with Gasteiger partial charge in [0.05, 0.1) is 10.8 Å². The van der Waals surface area contributed by atoms with Crippen molar-refractivity contribution in [2.45, 2.75) is 31.6 Å². The van der Waals surface area contributed by atoms with Gasteiger partial charge in [0, 0.05) is 6.26 Å². The summed E-state index contributed by atoms with van der Waals surface area (Å²) in [6, 6.07) is 14.0. The van der Waals surface area contributed by atoms with E-state index in [0.717, 1.165) is 22.9 Å². The van der Waals surface area contributed by atoms with Crippen LogP contribution in [0.1, 0.15) is 32.4 Å². The van der Waals surface area contributed by atoms with E-state index in [-0.39, 0.29) is 6.04 Å². The highest BCUT2D eigenvalue weighted by molar-refractivity contribution is 7.92. The van der Waals surface area contributed by atoms with E-state index in [0.29, 0.717) is 0 Å². The predicted octanol–water partition coefficient (Wildman–Crippen LogP) is 3.31. The first-order valence-corrected chi connectivity index (χ1v) is 9.08. The molecule has 0 bridgehead atoms. The molecule has 0 amide bonds. The second-order valence-electron chi connectivity index (χ2n) is 5.97. The van der Waals surface area contributed by atoms with Crippen molar-refractivity contribution < 1.29 is 8.42 Å². The second-order valence-corrected chi connectivity index (χ2v) is 8.57. The maximum absolute atomic E-state index is 12.2. The van der Waals surface area contributed by atoms with Crippen LogP contribution in [0.3, 0.4) is 0 Å². The zero-order valence-electron chi connectivity index (χ0n) is 13.1. The third kappa shape index (κ3) is 3.11. The number of rotatable bonds is 5. The van der Waals surface area contributed by atoms with Gasteiger partial charge in [0.1, 0.15) is 0 Å². The molecule has 0 aromatic heterocycles. The van der Waals surface area contributed by atoms with E-state index in [1.807, 2.05) is 31.2 Å². The molecule has 2 rings (SSSR count). The number of nitrogens with one attached hydrogen (secondary N) is 1. The SMILES string of the molecule is CCNC(c1ccc2ccccc2c1)C(C)(C)S(C)(=O)=O. The fourth-order valence-electron chi connectivity index (χ4n) is 2.57. The summed E-state index contributed by atoms with van der Waals surface area (Å²) >= 11 is 0. The lowest BCUT2D eigenvalue weighted by molar-refractivity contribution is 0.428. The average Bonchev–Trinajstić information content (AvgIpc) is 2.43. The molecule has 0 spiro atoms. The van der Waals surface area contributed by atoms with Crippen molar-refractivity contribution >= 4 is 20.6 Å². The maximum atomic E-state index is 12.2. The van der Waals surface area contributed by atoms with Crippen LogP contribution in [-0.4, -0.2) is 26.0 Å². The molecule has 0 aliphatic heterocycles. The van der Waals surface area contributed by atoms with E-state index >= 15 is 0 Å². The Balaban J connectivity index is 2.55. The minimum absolute atomic E-state index is 0.234. The van der Waals surface area contributed by atoms with Gasteiger partial charge < -0.3 is 5.32 Å². The summed E-state index contributed by atoms with van der Waals surface area (Å²) in [6.45, 7) is 6.28. The molecule has 0 aliphatic rings. The van der Waals surface area contributed by atoms with Gasteiger partial charge in [-0.1, -0.05) is 43.3 Å². The summed E-state index contributed by atoms with van der Waals surface area (Å²) in [5.41, 5.74) is 1.01. The summed E-state index contributed by atoms with van der Waals surface area (Å²) in [7, 11) is -3.19. The summed E-state index contributed by atoms with van der Waals surface area (Å²) in [5, 5.41) is 5.62. The molecule has 4 heteroatoms. The first kappa shape index (κ1) is 16.0. The van der Waals surface area contributed by atoms with Gasteiger partial charge in [-0.3, -0.25) is 0 Å². The van der Waals surface area contributed by atoms with Crippen molar-refractivity contribution in [2.24, 2.45) is 0 Å². The molecule has 0 heterocycles. The minimum Gasteiger partial charge on any atom is -0.309 e. The van der Waals surface area contributed by atoms with E-state index in [1.54, 1.807) is 13.8 Å². The summed E-state index contributed by atoms with van der Waals surface area (Å²) < 4.78 is 23.5. The number of fused-ring (bicyclic) bond motifs is 1. The molecule has 3 nitrogen and oxygen atoms in total. The first-order chi connectivity index (χ1) is 9.77. The molecule has 0 saturated heterocycles. The zero-order valence-corrected chi connectivity index (χ0v) is 13.9. The van der Waals surface area contributed by atoms with Crippen LogP contribution in [0.25, 0.3) is 10.8 Å². The lowest BCUT2D eigenvalue weighted by atomic mass is 9.93. The van der Waals surface area contributed by atoms with Gasteiger partial charge >= 0.3 is 0 Å². The molecule has 1 N–H and O–H groups in total. The molecular weight excluding hydrogens is 282 g/mol. The van der Waals surface area contributed by atoms with Gasteiger partial charge in [-0.15, -0.1) is 0 Å². The van der Waals surface area contributed by atoms with Crippen molar-refractivity contribution in [3.63, 3.8) is 0 Å². The molecule has 1 atom stereocenters. The number of hydrogen-bond donors (Lipinski definition) is 1. The number of benzene rings is 2. The zero-order chi connectivity index (χ0) is 15.7. The maximum Gasteiger partial charge on any atom is 0.154 e. The normalized spacial score (nSPS) is 14.3. The molecule has 0 saturated carbocycles. The van der Waals surface area contributed by atoms with Crippen LogP contribution >= 0.6 is 0 Å². The van der Waals surface area contributed by atoms with Gasteiger partial charge in [-0.25, -0.2) is 8.42 Å². The molecule has 21 heavy (non-hydrogen) atoms. The summed E-state index contributed by atoms with van der Waals surface area (Å²) in [5.74, 6) is 0. The number of hydrogen-bond acceptors (Lipinski definition) is 3. The fraction of sp³-hybridized carbons (Fsp3) is 0.412. The molecular formula is C17H23NO2S. The van der Waals surface area contributed by atoms with Gasteiger partial charge in [0.2, 0.25) is 0 Å². The third-order valence-corrected chi connectivity index (χ3v) is 6.31. The lowest BCUT2D eigenvalue weighted by Crippen LogP contribution is -2.44. The van der Waals surface area contributed by atoms with Crippen molar-refractivity contribution in [3.8, 4) is 0 Å². The van der Waals surface area contributed by atoms with Crippen LogP contribution in [0, 0.1) is 0 Å². The van der Waals surface area contributed by atoms with Crippen molar-refractivity contribution in [1.29, 1.82) is 0 Å². The van der Waals surface area contributed by atoms with E-state index in [4.69, 9.17) is 0 Å². The minimum atomic E-state index is -3.19. The van der Waals surface area contributed by atoms with Gasteiger partial charge in [0.25, 0.3) is 0 Å². The molecule has 114 valence electrons. The van der Waals surface area contributed by atoms with Gasteiger partial charge in [0.15, 0.2) is 9.84 Å². The highest BCUT2D eigenvalue weighted by atomic mass is 32.2. The Bertz CT molecular complexity index is 735. The van der Waals surface area contributed by atoms with Crippen molar-refractivity contribution in [3.05, 3.63) is 48.0 Å². The van der Waals surface area contributed by atoms with Crippen LogP contribution in [0.5, 0.6) is 0 Å². The Labute approximate surface area is 127 Å². The fourth-order valence-corrected chi connectivity index (χ4v) is 3.22. The molecule has 0 radical (unpaired) electrons. The smallest absolute Gasteiger partial charge is 0.154 e. The molecule has 2 aromatic carbocycles. The Morgan fingerprint density at radius 3 is 2.29 bits per heavy atom. The second kappa shape index (κ2) is 5.78. The summed E-state index contributed by atoms with van der Waals surface area (Å²) in [4.78, 5) is 0. The van der Waals surface area contributed by atoms with E-state index in [1.165, 1.54) is 6.26 Å². The largest absolute Gasteiger partial charge is 0.309 e. The molecule has 2 aromatic rings. The lowest BCUT2D eigenvalue weighted by Gasteiger charge is -2.33. The molecule has 1 unspecified atom stereocenters.